The number of thiazole rings is 1. The predicted molar refractivity (Wildman–Crippen MR) is 108 cm³/mol. The second kappa shape index (κ2) is 9.25. The van der Waals surface area contributed by atoms with Crippen molar-refractivity contribution < 1.29 is 27.9 Å². The van der Waals surface area contributed by atoms with Gasteiger partial charge < -0.3 is 10.0 Å². The van der Waals surface area contributed by atoms with Crippen LogP contribution in [-0.4, -0.2) is 22.0 Å². The number of carbonyl (C=O) groups excluding carboxylic acids is 1. The molecule has 0 saturated heterocycles. The number of amides is 1. The molecule has 0 aliphatic rings. The van der Waals surface area contributed by atoms with Gasteiger partial charge in [0.15, 0.2) is 11.6 Å². The highest BCUT2D eigenvalue weighted by atomic mass is 32.1. The number of carbonyl (C=O) groups is 2. The summed E-state index contributed by atoms with van der Waals surface area (Å²) in [5.41, 5.74) is 1.17. The zero-order valence-electron chi connectivity index (χ0n) is 16.1. The van der Waals surface area contributed by atoms with E-state index in [1.54, 1.807) is 12.1 Å². The van der Waals surface area contributed by atoms with Crippen LogP contribution in [0, 0.1) is 17.5 Å². The van der Waals surface area contributed by atoms with Gasteiger partial charge in [-0.2, -0.15) is 0 Å². The molecular weight excluding hydrogens is 417 g/mol. The molecule has 0 unspecified atom stereocenters. The maximum absolute atomic E-state index is 14.0. The van der Waals surface area contributed by atoms with Gasteiger partial charge in [0.25, 0.3) is 0 Å². The molecule has 0 bridgehead atoms. The van der Waals surface area contributed by atoms with E-state index in [-0.39, 0.29) is 29.1 Å². The average molecular weight is 436 g/mol. The van der Waals surface area contributed by atoms with Crippen LogP contribution in [0.5, 0.6) is 0 Å². The molecule has 2 aromatic carbocycles. The SMILES string of the molecule is CCCc1ccc(N(Cc2nc3c(F)c(F)cc(F)c3s2)C(=O)CCC(=O)O)cc1. The first-order valence-electron chi connectivity index (χ1n) is 9.34. The van der Waals surface area contributed by atoms with Crippen LogP contribution in [0.25, 0.3) is 10.2 Å². The number of hydrogen-bond acceptors (Lipinski definition) is 4. The lowest BCUT2D eigenvalue weighted by Gasteiger charge is -2.22. The summed E-state index contributed by atoms with van der Waals surface area (Å²) >= 11 is 0.820. The van der Waals surface area contributed by atoms with Gasteiger partial charge >= 0.3 is 5.97 Å². The Bertz CT molecular complexity index is 1080. The van der Waals surface area contributed by atoms with Gasteiger partial charge in [-0.25, -0.2) is 18.2 Å². The van der Waals surface area contributed by atoms with Crippen molar-refractivity contribution in [2.24, 2.45) is 0 Å². The third-order valence-corrected chi connectivity index (χ3v) is 5.54. The molecule has 30 heavy (non-hydrogen) atoms. The third-order valence-electron chi connectivity index (χ3n) is 4.49. The Kier molecular flexibility index (Phi) is 6.71. The second-order valence-electron chi connectivity index (χ2n) is 6.73. The molecule has 158 valence electrons. The van der Waals surface area contributed by atoms with E-state index in [9.17, 15) is 22.8 Å². The van der Waals surface area contributed by atoms with E-state index in [0.29, 0.717) is 11.8 Å². The summed E-state index contributed by atoms with van der Waals surface area (Å²) in [6.45, 7) is 1.93. The Labute approximate surface area is 174 Å². The minimum atomic E-state index is -1.34. The molecule has 0 aliphatic carbocycles. The van der Waals surface area contributed by atoms with E-state index in [1.807, 2.05) is 19.1 Å². The van der Waals surface area contributed by atoms with E-state index in [2.05, 4.69) is 4.98 Å². The van der Waals surface area contributed by atoms with Gasteiger partial charge in [-0.3, -0.25) is 9.59 Å². The fraction of sp³-hybridized carbons (Fsp3) is 0.286. The normalized spacial score (nSPS) is 11.1. The van der Waals surface area contributed by atoms with Crippen LogP contribution >= 0.6 is 11.3 Å². The fourth-order valence-corrected chi connectivity index (χ4v) is 3.99. The molecule has 0 aliphatic heterocycles. The lowest BCUT2D eigenvalue weighted by molar-refractivity contribution is -0.138. The molecule has 1 amide bonds. The molecule has 1 heterocycles. The van der Waals surface area contributed by atoms with Crippen molar-refractivity contribution in [2.75, 3.05) is 4.90 Å². The summed E-state index contributed by atoms with van der Waals surface area (Å²) in [6.07, 6.45) is 1.24. The third kappa shape index (κ3) is 4.79. The number of nitrogens with zero attached hydrogens (tertiary/aromatic N) is 2. The Morgan fingerprint density at radius 2 is 1.80 bits per heavy atom. The van der Waals surface area contributed by atoms with Gasteiger partial charge in [0.05, 0.1) is 17.7 Å². The number of hydrogen-bond donors (Lipinski definition) is 1. The number of aliphatic carboxylic acids is 1. The highest BCUT2D eigenvalue weighted by Crippen LogP contribution is 2.30. The number of rotatable bonds is 8. The molecule has 0 atom stereocenters. The van der Waals surface area contributed by atoms with E-state index in [0.717, 1.165) is 29.7 Å². The molecular formula is C21H19F3N2O3S. The number of benzene rings is 2. The second-order valence-corrected chi connectivity index (χ2v) is 7.81. The summed E-state index contributed by atoms with van der Waals surface area (Å²) in [7, 11) is 0. The van der Waals surface area contributed by atoms with E-state index >= 15 is 0 Å². The number of carboxylic acid groups (broad SMARTS) is 1. The van der Waals surface area contributed by atoms with Gasteiger partial charge in [0.1, 0.15) is 16.3 Å². The summed E-state index contributed by atoms with van der Waals surface area (Å²) < 4.78 is 41.3. The van der Waals surface area contributed by atoms with Gasteiger partial charge in [0, 0.05) is 18.2 Å². The minimum absolute atomic E-state index is 0.120. The molecule has 3 rings (SSSR count). The molecule has 1 aromatic heterocycles. The maximum atomic E-state index is 14.0. The molecule has 0 saturated carbocycles. The van der Waals surface area contributed by atoms with Crippen molar-refractivity contribution in [1.82, 2.24) is 4.98 Å². The number of halogens is 3. The van der Waals surface area contributed by atoms with Gasteiger partial charge in [-0.15, -0.1) is 11.3 Å². The minimum Gasteiger partial charge on any atom is -0.481 e. The quantitative estimate of drug-likeness (QED) is 0.501. The zero-order chi connectivity index (χ0) is 21.8. The predicted octanol–water partition coefficient (Wildman–Crippen LogP) is 5.06. The molecule has 9 heteroatoms. The van der Waals surface area contributed by atoms with Crippen LogP contribution in [0.1, 0.15) is 36.8 Å². The van der Waals surface area contributed by atoms with E-state index in [4.69, 9.17) is 5.11 Å². The van der Waals surface area contributed by atoms with Gasteiger partial charge in [0.2, 0.25) is 5.91 Å². The van der Waals surface area contributed by atoms with Crippen molar-refractivity contribution in [1.29, 1.82) is 0 Å². The number of anilines is 1. The molecule has 3 aromatic rings. The lowest BCUT2D eigenvalue weighted by Crippen LogP contribution is -2.30. The van der Waals surface area contributed by atoms with Crippen molar-refractivity contribution in [3.63, 3.8) is 0 Å². The summed E-state index contributed by atoms with van der Waals surface area (Å²) in [6, 6.07) is 7.66. The first-order valence-corrected chi connectivity index (χ1v) is 10.2. The Morgan fingerprint density at radius 3 is 2.43 bits per heavy atom. The van der Waals surface area contributed by atoms with Crippen molar-refractivity contribution in [3.8, 4) is 0 Å². The van der Waals surface area contributed by atoms with Crippen molar-refractivity contribution in [3.05, 3.63) is 58.4 Å². The lowest BCUT2D eigenvalue weighted by atomic mass is 10.1. The maximum Gasteiger partial charge on any atom is 0.303 e. The number of fused-ring (bicyclic) bond motifs is 1. The molecule has 0 spiro atoms. The van der Waals surface area contributed by atoms with Crippen LogP contribution in [0.15, 0.2) is 30.3 Å². The number of carboxylic acids is 1. The summed E-state index contributed by atoms with van der Waals surface area (Å²) in [5, 5.41) is 9.09. The Hall–Kier alpha value is -2.94. The highest BCUT2D eigenvalue weighted by molar-refractivity contribution is 7.18. The topological polar surface area (TPSA) is 70.5 Å². The summed E-state index contributed by atoms with van der Waals surface area (Å²) in [4.78, 5) is 28.9. The number of aromatic nitrogens is 1. The Balaban J connectivity index is 1.94. The van der Waals surface area contributed by atoms with Crippen molar-refractivity contribution in [2.45, 2.75) is 39.2 Å². The first kappa shape index (κ1) is 21.8. The molecule has 0 radical (unpaired) electrons. The van der Waals surface area contributed by atoms with Crippen LogP contribution in [0.4, 0.5) is 18.9 Å². The largest absolute Gasteiger partial charge is 0.481 e. The standard InChI is InChI=1S/C21H19F3N2O3S/c1-2-3-12-4-6-13(7-5-12)26(17(27)8-9-18(28)29)11-16-25-20-19(24)14(22)10-15(23)21(20)30-16/h4-7,10H,2-3,8-9,11H2,1H3,(H,28,29). The zero-order valence-corrected chi connectivity index (χ0v) is 16.9. The van der Waals surface area contributed by atoms with Crippen molar-refractivity contribution >= 4 is 39.1 Å². The van der Waals surface area contributed by atoms with Crippen LogP contribution < -0.4 is 4.90 Å². The van der Waals surface area contributed by atoms with Gasteiger partial charge in [-0.1, -0.05) is 25.5 Å². The molecule has 1 N–H and O–H groups in total. The van der Waals surface area contributed by atoms with Gasteiger partial charge in [-0.05, 0) is 24.1 Å². The molecule has 5 nitrogen and oxygen atoms in total. The van der Waals surface area contributed by atoms with Crippen LogP contribution in [0.3, 0.4) is 0 Å². The fourth-order valence-electron chi connectivity index (χ4n) is 3.03. The van der Waals surface area contributed by atoms with Crippen LogP contribution in [0.2, 0.25) is 0 Å². The average Bonchev–Trinajstić information content (AvgIpc) is 3.14. The van der Waals surface area contributed by atoms with E-state index < -0.39 is 34.8 Å². The first-order chi connectivity index (χ1) is 14.3. The monoisotopic (exact) mass is 436 g/mol. The smallest absolute Gasteiger partial charge is 0.303 e. The Morgan fingerprint density at radius 1 is 1.10 bits per heavy atom. The highest BCUT2D eigenvalue weighted by Gasteiger charge is 2.22. The van der Waals surface area contributed by atoms with E-state index in [1.165, 1.54) is 4.90 Å². The number of aryl methyl sites for hydroxylation is 1. The molecule has 0 fully saturated rings. The summed E-state index contributed by atoms with van der Waals surface area (Å²) in [5.74, 6) is -5.09. The van der Waals surface area contributed by atoms with Crippen LogP contribution in [-0.2, 0) is 22.6 Å².